The van der Waals surface area contributed by atoms with Gasteiger partial charge in [-0.2, -0.15) is 18.4 Å². The summed E-state index contributed by atoms with van der Waals surface area (Å²) in [4.78, 5) is -0.541. The van der Waals surface area contributed by atoms with Gasteiger partial charge < -0.3 is 5.73 Å². The van der Waals surface area contributed by atoms with Crippen LogP contribution in [0.3, 0.4) is 0 Å². The molecule has 5 nitrogen and oxygen atoms in total. The maximum absolute atomic E-state index is 12.7. The molecule has 0 atom stereocenters. The van der Waals surface area contributed by atoms with Crippen molar-refractivity contribution in [1.82, 2.24) is 4.72 Å². The summed E-state index contributed by atoms with van der Waals surface area (Å²) in [5.41, 5.74) is 3.29. The molecule has 1 aromatic carbocycles. The van der Waals surface area contributed by atoms with Gasteiger partial charge in [0.1, 0.15) is 0 Å². The van der Waals surface area contributed by atoms with Crippen molar-refractivity contribution in [1.29, 1.82) is 5.26 Å². The van der Waals surface area contributed by atoms with E-state index < -0.39 is 32.2 Å². The second-order valence-corrected chi connectivity index (χ2v) is 5.62. The van der Waals surface area contributed by atoms with Crippen LogP contribution in [0.2, 0.25) is 0 Å². The molecule has 0 amide bonds. The quantitative estimate of drug-likeness (QED) is 0.799. The van der Waals surface area contributed by atoms with Crippen LogP contribution in [0.4, 0.5) is 13.2 Å². The van der Waals surface area contributed by atoms with E-state index in [1.54, 1.807) is 0 Å². The molecule has 0 unspecified atom stereocenters. The molecule has 1 aromatic rings. The molecule has 110 valence electrons. The molecule has 20 heavy (non-hydrogen) atoms. The SMILES string of the molecule is N#Cc1ccc(S(=O)(=O)NCCCN)cc1C(F)(F)F. The van der Waals surface area contributed by atoms with E-state index in [0.717, 1.165) is 12.1 Å². The number of rotatable bonds is 5. The van der Waals surface area contributed by atoms with E-state index in [0.29, 0.717) is 12.5 Å². The normalized spacial score (nSPS) is 12.2. The highest BCUT2D eigenvalue weighted by Crippen LogP contribution is 2.33. The second kappa shape index (κ2) is 6.21. The molecule has 0 radical (unpaired) electrons. The lowest BCUT2D eigenvalue weighted by atomic mass is 10.1. The Bertz CT molecular complexity index is 621. The third-order valence-electron chi connectivity index (χ3n) is 2.40. The molecule has 0 bridgehead atoms. The van der Waals surface area contributed by atoms with Gasteiger partial charge in [-0.05, 0) is 31.2 Å². The van der Waals surface area contributed by atoms with Crippen LogP contribution in [-0.2, 0) is 16.2 Å². The molecule has 0 aliphatic rings. The van der Waals surface area contributed by atoms with Crippen LogP contribution in [0.25, 0.3) is 0 Å². The van der Waals surface area contributed by atoms with Crippen LogP contribution < -0.4 is 10.5 Å². The first-order valence-corrected chi connectivity index (χ1v) is 7.02. The average molecular weight is 307 g/mol. The number of nitrogens with one attached hydrogen (secondary N) is 1. The first-order chi connectivity index (χ1) is 9.22. The number of halogens is 3. The fraction of sp³-hybridized carbons (Fsp3) is 0.364. The van der Waals surface area contributed by atoms with Crippen molar-refractivity contribution < 1.29 is 21.6 Å². The van der Waals surface area contributed by atoms with E-state index in [4.69, 9.17) is 11.0 Å². The zero-order valence-corrected chi connectivity index (χ0v) is 11.1. The molecule has 0 saturated carbocycles. The lowest BCUT2D eigenvalue weighted by molar-refractivity contribution is -0.137. The van der Waals surface area contributed by atoms with Gasteiger partial charge in [0.2, 0.25) is 10.0 Å². The first-order valence-electron chi connectivity index (χ1n) is 5.53. The number of alkyl halides is 3. The van der Waals surface area contributed by atoms with Crippen molar-refractivity contribution in [2.24, 2.45) is 5.73 Å². The molecule has 3 N–H and O–H groups in total. The number of sulfonamides is 1. The monoisotopic (exact) mass is 307 g/mol. The van der Waals surface area contributed by atoms with Crippen LogP contribution in [0.1, 0.15) is 17.5 Å². The summed E-state index contributed by atoms with van der Waals surface area (Å²) in [7, 11) is -4.06. The van der Waals surface area contributed by atoms with Crippen molar-refractivity contribution in [2.75, 3.05) is 13.1 Å². The molecule has 0 saturated heterocycles. The molecule has 0 fully saturated rings. The number of nitriles is 1. The van der Waals surface area contributed by atoms with Crippen molar-refractivity contribution >= 4 is 10.0 Å². The predicted octanol–water partition coefficient (Wildman–Crippen LogP) is 1.20. The Morgan fingerprint density at radius 1 is 1.35 bits per heavy atom. The van der Waals surface area contributed by atoms with E-state index in [1.807, 2.05) is 0 Å². The van der Waals surface area contributed by atoms with Crippen molar-refractivity contribution in [3.63, 3.8) is 0 Å². The largest absolute Gasteiger partial charge is 0.417 e. The zero-order valence-electron chi connectivity index (χ0n) is 10.2. The minimum Gasteiger partial charge on any atom is -0.330 e. The molecule has 0 aromatic heterocycles. The number of hydrogen-bond acceptors (Lipinski definition) is 4. The zero-order chi connectivity index (χ0) is 15.4. The van der Waals surface area contributed by atoms with Gasteiger partial charge in [-0.15, -0.1) is 0 Å². The molecule has 1 rings (SSSR count). The Balaban J connectivity index is 3.19. The van der Waals surface area contributed by atoms with Crippen molar-refractivity contribution in [3.05, 3.63) is 29.3 Å². The van der Waals surface area contributed by atoms with Crippen LogP contribution >= 0.6 is 0 Å². The van der Waals surface area contributed by atoms with E-state index in [9.17, 15) is 21.6 Å². The predicted molar refractivity (Wildman–Crippen MR) is 65.0 cm³/mol. The van der Waals surface area contributed by atoms with Gasteiger partial charge in [0.15, 0.2) is 0 Å². The average Bonchev–Trinajstić information content (AvgIpc) is 2.37. The number of nitrogens with two attached hydrogens (primary N) is 1. The molecule has 0 heterocycles. The van der Waals surface area contributed by atoms with Crippen molar-refractivity contribution in [2.45, 2.75) is 17.5 Å². The van der Waals surface area contributed by atoms with Crippen LogP contribution in [-0.4, -0.2) is 21.5 Å². The summed E-state index contributed by atoms with van der Waals surface area (Å²) in [5.74, 6) is 0. The highest BCUT2D eigenvalue weighted by Gasteiger charge is 2.34. The summed E-state index contributed by atoms with van der Waals surface area (Å²) in [6.07, 6.45) is -4.44. The van der Waals surface area contributed by atoms with Gasteiger partial charge in [-0.1, -0.05) is 0 Å². The summed E-state index contributed by atoms with van der Waals surface area (Å²) >= 11 is 0. The van der Waals surface area contributed by atoms with E-state index in [2.05, 4.69) is 4.72 Å². The Kier molecular flexibility index (Phi) is 5.10. The Morgan fingerprint density at radius 2 is 2.00 bits per heavy atom. The molecular formula is C11H12F3N3O2S. The van der Waals surface area contributed by atoms with Gasteiger partial charge in [0.05, 0.1) is 22.1 Å². The highest BCUT2D eigenvalue weighted by molar-refractivity contribution is 7.89. The molecule has 0 aliphatic heterocycles. The fourth-order valence-electron chi connectivity index (χ4n) is 1.41. The maximum atomic E-state index is 12.7. The smallest absolute Gasteiger partial charge is 0.330 e. The molecule has 0 aliphatic carbocycles. The molecule has 0 spiro atoms. The summed E-state index contributed by atoms with van der Waals surface area (Å²) in [6, 6.07) is 3.62. The van der Waals surface area contributed by atoms with Crippen LogP contribution in [0.5, 0.6) is 0 Å². The fourth-order valence-corrected chi connectivity index (χ4v) is 2.51. The Morgan fingerprint density at radius 3 is 2.50 bits per heavy atom. The second-order valence-electron chi connectivity index (χ2n) is 3.86. The minimum atomic E-state index is -4.80. The third kappa shape index (κ3) is 3.93. The van der Waals surface area contributed by atoms with E-state index in [1.165, 1.54) is 6.07 Å². The van der Waals surface area contributed by atoms with Gasteiger partial charge in [-0.25, -0.2) is 13.1 Å². The van der Waals surface area contributed by atoms with Gasteiger partial charge in [-0.3, -0.25) is 0 Å². The minimum absolute atomic E-state index is 0.0280. The first kappa shape index (κ1) is 16.4. The number of benzene rings is 1. The number of nitrogens with zero attached hydrogens (tertiary/aromatic N) is 1. The number of hydrogen-bond donors (Lipinski definition) is 2. The summed E-state index contributed by atoms with van der Waals surface area (Å²) < 4.78 is 63.9. The third-order valence-corrected chi connectivity index (χ3v) is 3.86. The van der Waals surface area contributed by atoms with Crippen LogP contribution in [0, 0.1) is 11.3 Å². The topological polar surface area (TPSA) is 96.0 Å². The van der Waals surface area contributed by atoms with Crippen LogP contribution in [0.15, 0.2) is 23.1 Å². The maximum Gasteiger partial charge on any atom is 0.417 e. The van der Waals surface area contributed by atoms with Gasteiger partial charge >= 0.3 is 6.18 Å². The highest BCUT2D eigenvalue weighted by atomic mass is 32.2. The van der Waals surface area contributed by atoms with Gasteiger partial charge in [0.25, 0.3) is 0 Å². The molecule has 9 heteroatoms. The Hall–Kier alpha value is -1.63. The Labute approximate surface area is 114 Å². The van der Waals surface area contributed by atoms with E-state index >= 15 is 0 Å². The van der Waals surface area contributed by atoms with E-state index in [-0.39, 0.29) is 13.1 Å². The lowest BCUT2D eigenvalue weighted by Gasteiger charge is -2.11. The molecular weight excluding hydrogens is 295 g/mol. The summed E-state index contributed by atoms with van der Waals surface area (Å²) in [5, 5.41) is 8.62. The van der Waals surface area contributed by atoms with Gasteiger partial charge in [0, 0.05) is 6.54 Å². The van der Waals surface area contributed by atoms with Crippen molar-refractivity contribution in [3.8, 4) is 6.07 Å². The lowest BCUT2D eigenvalue weighted by Crippen LogP contribution is -2.26. The standard InChI is InChI=1S/C11H12F3N3O2S/c12-11(13,14)10-6-9(3-2-8(10)7-16)20(18,19)17-5-1-4-15/h2-3,6,17H,1,4-5,15H2. The summed E-state index contributed by atoms with van der Waals surface area (Å²) in [6.45, 7) is 0.282.